The van der Waals surface area contributed by atoms with Gasteiger partial charge in [-0.3, -0.25) is 0 Å². The summed E-state index contributed by atoms with van der Waals surface area (Å²) < 4.78 is 1.10. The standard InChI is InChI=1S/C13H19BrN6S/c1-4-20(5-2)13-18-11(15-3)17-12(19-13)16-8-10-9(14)6-7-21-10/h6-7H,4-5,8H2,1-3H3,(H2,15,16,17,18,19). The van der Waals surface area contributed by atoms with Gasteiger partial charge in [0.25, 0.3) is 0 Å². The third-order valence-corrected chi connectivity index (χ3v) is 4.92. The van der Waals surface area contributed by atoms with Gasteiger partial charge in [-0.25, -0.2) is 0 Å². The van der Waals surface area contributed by atoms with Gasteiger partial charge in [0.1, 0.15) is 0 Å². The van der Waals surface area contributed by atoms with Crippen molar-refractivity contribution in [3.63, 3.8) is 0 Å². The van der Waals surface area contributed by atoms with Crippen LogP contribution in [0.15, 0.2) is 15.9 Å². The van der Waals surface area contributed by atoms with Crippen LogP contribution in [0.4, 0.5) is 17.8 Å². The minimum Gasteiger partial charge on any atom is -0.357 e. The van der Waals surface area contributed by atoms with E-state index in [1.54, 1.807) is 18.4 Å². The minimum absolute atomic E-state index is 0.569. The van der Waals surface area contributed by atoms with Crippen molar-refractivity contribution in [3.05, 3.63) is 20.8 Å². The fraction of sp³-hybridized carbons (Fsp3) is 0.462. The van der Waals surface area contributed by atoms with Crippen LogP contribution in [-0.4, -0.2) is 35.1 Å². The van der Waals surface area contributed by atoms with E-state index < -0.39 is 0 Å². The Kier molecular flexibility index (Phi) is 5.75. The largest absolute Gasteiger partial charge is 0.357 e. The average molecular weight is 371 g/mol. The van der Waals surface area contributed by atoms with Gasteiger partial charge in [-0.05, 0) is 41.2 Å². The predicted octanol–water partition coefficient (Wildman–Crippen LogP) is 3.20. The van der Waals surface area contributed by atoms with E-state index in [0.29, 0.717) is 24.4 Å². The van der Waals surface area contributed by atoms with Crippen molar-refractivity contribution >= 4 is 45.1 Å². The highest BCUT2D eigenvalue weighted by Gasteiger charge is 2.11. The van der Waals surface area contributed by atoms with Crippen LogP contribution in [0, 0.1) is 0 Å². The second-order valence-corrected chi connectivity index (χ2v) is 6.11. The molecule has 0 radical (unpaired) electrons. The molecule has 0 aliphatic carbocycles. The molecule has 2 aromatic heterocycles. The smallest absolute Gasteiger partial charge is 0.231 e. The lowest BCUT2D eigenvalue weighted by Crippen LogP contribution is -2.25. The highest BCUT2D eigenvalue weighted by Crippen LogP contribution is 2.23. The van der Waals surface area contributed by atoms with E-state index in [0.717, 1.165) is 17.6 Å². The zero-order valence-corrected chi connectivity index (χ0v) is 14.8. The lowest BCUT2D eigenvalue weighted by molar-refractivity contribution is 0.813. The van der Waals surface area contributed by atoms with Crippen LogP contribution in [0.25, 0.3) is 0 Å². The Bertz CT molecular complexity index is 584. The molecule has 2 rings (SSSR count). The fourth-order valence-corrected chi connectivity index (χ4v) is 3.25. The van der Waals surface area contributed by atoms with Crippen LogP contribution in [0.5, 0.6) is 0 Å². The Morgan fingerprint density at radius 2 is 1.90 bits per heavy atom. The van der Waals surface area contributed by atoms with Crippen LogP contribution in [0.3, 0.4) is 0 Å². The lowest BCUT2D eigenvalue weighted by atomic mass is 10.5. The molecule has 0 atom stereocenters. The summed E-state index contributed by atoms with van der Waals surface area (Å²) in [5.41, 5.74) is 0. The first-order chi connectivity index (χ1) is 10.2. The Morgan fingerprint density at radius 3 is 2.48 bits per heavy atom. The molecule has 0 saturated carbocycles. The Labute approximate surface area is 137 Å². The molecule has 2 N–H and O–H groups in total. The molecule has 6 nitrogen and oxygen atoms in total. The SMILES string of the molecule is CCN(CC)c1nc(NC)nc(NCc2sccc2Br)n1. The topological polar surface area (TPSA) is 66.0 Å². The van der Waals surface area contributed by atoms with Crippen LogP contribution < -0.4 is 15.5 Å². The van der Waals surface area contributed by atoms with E-state index in [2.05, 4.69) is 65.6 Å². The van der Waals surface area contributed by atoms with Crippen molar-refractivity contribution in [1.29, 1.82) is 0 Å². The summed E-state index contributed by atoms with van der Waals surface area (Å²) in [7, 11) is 1.81. The van der Waals surface area contributed by atoms with Crippen LogP contribution in [-0.2, 0) is 6.54 Å². The summed E-state index contributed by atoms with van der Waals surface area (Å²) in [5, 5.41) is 8.29. The lowest BCUT2D eigenvalue weighted by Gasteiger charge is -2.19. The van der Waals surface area contributed by atoms with E-state index in [9.17, 15) is 0 Å². The molecule has 0 amide bonds. The maximum atomic E-state index is 4.49. The van der Waals surface area contributed by atoms with Crippen LogP contribution in [0.2, 0.25) is 0 Å². The van der Waals surface area contributed by atoms with Crippen molar-refractivity contribution in [2.75, 3.05) is 35.7 Å². The number of aromatic nitrogens is 3. The molecule has 2 heterocycles. The maximum Gasteiger partial charge on any atom is 0.231 e. The molecule has 0 saturated heterocycles. The third-order valence-electron chi connectivity index (χ3n) is 2.99. The summed E-state index contributed by atoms with van der Waals surface area (Å²) in [4.78, 5) is 16.6. The monoisotopic (exact) mass is 370 g/mol. The van der Waals surface area contributed by atoms with E-state index in [4.69, 9.17) is 0 Å². The number of hydrogen-bond donors (Lipinski definition) is 2. The predicted molar refractivity (Wildman–Crippen MR) is 92.3 cm³/mol. The first kappa shape index (κ1) is 16.0. The van der Waals surface area contributed by atoms with Crippen LogP contribution in [0.1, 0.15) is 18.7 Å². The number of hydrogen-bond acceptors (Lipinski definition) is 7. The van der Waals surface area contributed by atoms with Crippen molar-refractivity contribution < 1.29 is 0 Å². The average Bonchev–Trinajstić information content (AvgIpc) is 2.91. The fourth-order valence-electron chi connectivity index (χ4n) is 1.81. The van der Waals surface area contributed by atoms with E-state index in [1.807, 2.05) is 6.07 Å². The van der Waals surface area contributed by atoms with Gasteiger partial charge in [-0.1, -0.05) is 0 Å². The minimum atomic E-state index is 0.569. The molecule has 0 aliphatic heterocycles. The Balaban J connectivity index is 2.18. The molecule has 0 spiro atoms. The molecular weight excluding hydrogens is 352 g/mol. The highest BCUT2D eigenvalue weighted by atomic mass is 79.9. The first-order valence-corrected chi connectivity index (χ1v) is 8.49. The molecule has 114 valence electrons. The normalized spacial score (nSPS) is 10.5. The van der Waals surface area contributed by atoms with Gasteiger partial charge in [0, 0.05) is 29.5 Å². The van der Waals surface area contributed by atoms with Crippen molar-refractivity contribution in [2.45, 2.75) is 20.4 Å². The zero-order valence-electron chi connectivity index (χ0n) is 12.4. The number of thiophene rings is 1. The van der Waals surface area contributed by atoms with Crippen LogP contribution >= 0.6 is 27.3 Å². The summed E-state index contributed by atoms with van der Waals surface area (Å²) >= 11 is 5.22. The number of rotatable bonds is 7. The number of nitrogens with zero attached hydrogens (tertiary/aromatic N) is 4. The van der Waals surface area contributed by atoms with Gasteiger partial charge in [-0.15, -0.1) is 11.3 Å². The molecule has 21 heavy (non-hydrogen) atoms. The molecule has 0 aromatic carbocycles. The third kappa shape index (κ3) is 4.04. The van der Waals surface area contributed by atoms with Gasteiger partial charge in [0.2, 0.25) is 17.8 Å². The molecule has 2 aromatic rings. The molecule has 0 unspecified atom stereocenters. The number of anilines is 3. The second kappa shape index (κ2) is 7.56. The van der Waals surface area contributed by atoms with Crippen molar-refractivity contribution in [1.82, 2.24) is 15.0 Å². The Morgan fingerprint density at radius 1 is 1.19 bits per heavy atom. The summed E-state index contributed by atoms with van der Waals surface area (Å²) in [5.74, 6) is 1.84. The number of nitrogens with one attached hydrogen (secondary N) is 2. The van der Waals surface area contributed by atoms with Gasteiger partial charge in [-0.2, -0.15) is 15.0 Å². The second-order valence-electron chi connectivity index (χ2n) is 4.25. The van der Waals surface area contributed by atoms with Gasteiger partial charge >= 0.3 is 0 Å². The highest BCUT2D eigenvalue weighted by molar-refractivity contribution is 9.10. The maximum absolute atomic E-state index is 4.49. The summed E-state index contributed by atoms with van der Waals surface area (Å²) in [6.07, 6.45) is 0. The molecule has 0 bridgehead atoms. The summed E-state index contributed by atoms with van der Waals surface area (Å²) in [6.45, 7) is 6.58. The quantitative estimate of drug-likeness (QED) is 0.779. The van der Waals surface area contributed by atoms with Crippen molar-refractivity contribution in [3.8, 4) is 0 Å². The van der Waals surface area contributed by atoms with Gasteiger partial charge < -0.3 is 15.5 Å². The first-order valence-electron chi connectivity index (χ1n) is 6.82. The Hall–Kier alpha value is -1.41. The van der Waals surface area contributed by atoms with Crippen molar-refractivity contribution in [2.24, 2.45) is 0 Å². The van der Waals surface area contributed by atoms with E-state index >= 15 is 0 Å². The molecule has 0 fully saturated rings. The number of halogens is 1. The van der Waals surface area contributed by atoms with E-state index in [1.165, 1.54) is 4.88 Å². The molecular formula is C13H19BrN6S. The van der Waals surface area contributed by atoms with Gasteiger partial charge in [0.15, 0.2) is 0 Å². The molecule has 8 heteroatoms. The van der Waals surface area contributed by atoms with E-state index in [-0.39, 0.29) is 0 Å². The molecule has 0 aliphatic rings. The van der Waals surface area contributed by atoms with Gasteiger partial charge in [0.05, 0.1) is 6.54 Å². The summed E-state index contributed by atoms with van der Waals surface area (Å²) in [6, 6.07) is 2.04. The zero-order chi connectivity index (χ0) is 15.2.